The first kappa shape index (κ1) is 21.8. The number of anilines is 1. The Kier molecular flexibility index (Phi) is 6.60. The first-order chi connectivity index (χ1) is 15.0. The lowest BCUT2D eigenvalue weighted by atomic mass is 9.90. The highest BCUT2D eigenvalue weighted by atomic mass is 35.5. The molecule has 1 aliphatic heterocycles. The Bertz CT molecular complexity index is 1070. The van der Waals surface area contributed by atoms with Gasteiger partial charge in [0.15, 0.2) is 0 Å². The van der Waals surface area contributed by atoms with E-state index in [1.165, 1.54) is 0 Å². The van der Waals surface area contributed by atoms with Crippen LogP contribution in [0.2, 0.25) is 5.02 Å². The van der Waals surface area contributed by atoms with Crippen LogP contribution in [-0.4, -0.2) is 36.3 Å². The van der Waals surface area contributed by atoms with Crippen molar-refractivity contribution < 1.29 is 14.6 Å². The van der Waals surface area contributed by atoms with E-state index in [0.29, 0.717) is 16.5 Å². The number of methoxy groups -OCH3 is 1. The second-order valence-corrected chi connectivity index (χ2v) is 9.30. The Hall–Kier alpha value is -2.41. The van der Waals surface area contributed by atoms with Gasteiger partial charge in [0.25, 0.3) is 0 Å². The maximum atomic E-state index is 11.4. The van der Waals surface area contributed by atoms with Crippen LogP contribution in [0.1, 0.15) is 39.9 Å². The van der Waals surface area contributed by atoms with Gasteiger partial charge in [0.05, 0.1) is 22.2 Å². The summed E-state index contributed by atoms with van der Waals surface area (Å²) in [6, 6.07) is 14.9. The fourth-order valence-electron chi connectivity index (χ4n) is 4.23. The number of nitrogens with zero attached hydrogens (tertiary/aromatic N) is 2. The average Bonchev–Trinajstić information content (AvgIpc) is 3.16. The summed E-state index contributed by atoms with van der Waals surface area (Å²) < 4.78 is 6.00. The van der Waals surface area contributed by atoms with Crippen molar-refractivity contribution in [1.29, 1.82) is 0 Å². The van der Waals surface area contributed by atoms with Crippen molar-refractivity contribution >= 4 is 34.6 Å². The third kappa shape index (κ3) is 4.76. The van der Waals surface area contributed by atoms with Gasteiger partial charge in [-0.05, 0) is 50.1 Å². The molecule has 2 aromatic carbocycles. The van der Waals surface area contributed by atoms with Gasteiger partial charge < -0.3 is 14.7 Å². The van der Waals surface area contributed by atoms with E-state index in [-0.39, 0.29) is 6.10 Å². The Morgan fingerprint density at radius 2 is 2.06 bits per heavy atom. The van der Waals surface area contributed by atoms with Crippen molar-refractivity contribution in [3.05, 3.63) is 69.7 Å². The number of hydrogen-bond donors (Lipinski definition) is 1. The lowest BCUT2D eigenvalue weighted by Crippen LogP contribution is -2.38. The van der Waals surface area contributed by atoms with E-state index in [4.69, 9.17) is 21.3 Å². The standard InChI is InChI=1S/C24H25ClN2O3S/c1-15-22(31-23(26-15)16-8-10-19(25)11-9-16)21(30-2)18-6-4-12-27(14-18)20-7-3-5-17(13-20)24(28)29/h3,5,7-11,13,18,21H,4,6,12,14H2,1-2H3,(H,28,29). The molecule has 5 nitrogen and oxygen atoms in total. The van der Waals surface area contributed by atoms with Crippen LogP contribution in [0.3, 0.4) is 0 Å². The van der Waals surface area contributed by atoms with Crippen molar-refractivity contribution in [2.24, 2.45) is 5.92 Å². The fraction of sp³-hybridized carbons (Fsp3) is 0.333. The summed E-state index contributed by atoms with van der Waals surface area (Å²) in [5.74, 6) is -0.607. The molecule has 7 heteroatoms. The zero-order valence-corrected chi connectivity index (χ0v) is 19.1. The predicted octanol–water partition coefficient (Wildman–Crippen LogP) is 6.07. The number of hydrogen-bond acceptors (Lipinski definition) is 5. The third-order valence-electron chi connectivity index (χ3n) is 5.78. The lowest BCUT2D eigenvalue weighted by molar-refractivity contribution is 0.0470. The van der Waals surface area contributed by atoms with E-state index in [0.717, 1.165) is 52.8 Å². The number of thiazole rings is 1. The van der Waals surface area contributed by atoms with E-state index in [1.807, 2.05) is 43.3 Å². The summed E-state index contributed by atoms with van der Waals surface area (Å²) in [7, 11) is 1.76. The molecule has 2 atom stereocenters. The monoisotopic (exact) mass is 456 g/mol. The zero-order chi connectivity index (χ0) is 22.0. The molecule has 1 saturated heterocycles. The Morgan fingerprint density at radius 3 is 2.77 bits per heavy atom. The van der Waals surface area contributed by atoms with Gasteiger partial charge in [-0.3, -0.25) is 0 Å². The highest BCUT2D eigenvalue weighted by molar-refractivity contribution is 7.15. The normalized spacial score (nSPS) is 17.5. The lowest BCUT2D eigenvalue weighted by Gasteiger charge is -2.37. The molecule has 31 heavy (non-hydrogen) atoms. The molecule has 0 saturated carbocycles. The minimum atomic E-state index is -0.903. The summed E-state index contributed by atoms with van der Waals surface area (Å²) in [5, 5.41) is 11.0. The number of piperidine rings is 1. The fourth-order valence-corrected chi connectivity index (χ4v) is 5.60. The summed E-state index contributed by atoms with van der Waals surface area (Å²) in [6.45, 7) is 3.76. The summed E-state index contributed by atoms with van der Waals surface area (Å²) in [5.41, 5.74) is 3.30. The maximum absolute atomic E-state index is 11.4. The number of aromatic nitrogens is 1. The Balaban J connectivity index is 1.57. The van der Waals surface area contributed by atoms with Gasteiger partial charge in [0.2, 0.25) is 0 Å². The van der Waals surface area contributed by atoms with Gasteiger partial charge in [-0.2, -0.15) is 0 Å². The molecule has 0 spiro atoms. The molecule has 0 radical (unpaired) electrons. The molecule has 0 bridgehead atoms. The van der Waals surface area contributed by atoms with Crippen LogP contribution in [0.4, 0.5) is 5.69 Å². The van der Waals surface area contributed by atoms with Crippen molar-refractivity contribution in [3.63, 3.8) is 0 Å². The van der Waals surface area contributed by atoms with Crippen molar-refractivity contribution in [2.45, 2.75) is 25.9 Å². The van der Waals surface area contributed by atoms with E-state index < -0.39 is 5.97 Å². The van der Waals surface area contributed by atoms with Gasteiger partial charge in [-0.1, -0.05) is 29.8 Å². The maximum Gasteiger partial charge on any atom is 0.335 e. The van der Waals surface area contributed by atoms with E-state index >= 15 is 0 Å². The van der Waals surface area contributed by atoms with E-state index in [9.17, 15) is 9.90 Å². The van der Waals surface area contributed by atoms with Crippen LogP contribution < -0.4 is 4.90 Å². The van der Waals surface area contributed by atoms with Crippen molar-refractivity contribution in [3.8, 4) is 10.6 Å². The molecule has 2 unspecified atom stereocenters. The van der Waals surface area contributed by atoms with Gasteiger partial charge >= 0.3 is 5.97 Å². The van der Waals surface area contributed by atoms with Gasteiger partial charge in [-0.25, -0.2) is 9.78 Å². The molecule has 4 rings (SSSR count). The number of rotatable bonds is 6. The molecule has 1 N–H and O–H groups in total. The molecule has 3 aromatic rings. The van der Waals surface area contributed by atoms with Gasteiger partial charge in [0, 0.05) is 42.4 Å². The summed E-state index contributed by atoms with van der Waals surface area (Å²) >= 11 is 7.70. The van der Waals surface area contributed by atoms with Crippen molar-refractivity contribution in [2.75, 3.05) is 25.1 Å². The largest absolute Gasteiger partial charge is 0.478 e. The first-order valence-electron chi connectivity index (χ1n) is 10.3. The number of benzene rings is 2. The molecule has 0 amide bonds. The second-order valence-electron chi connectivity index (χ2n) is 7.84. The van der Waals surface area contributed by atoms with Crippen molar-refractivity contribution in [1.82, 2.24) is 4.98 Å². The molecule has 1 aromatic heterocycles. The minimum absolute atomic E-state index is 0.0518. The second kappa shape index (κ2) is 9.39. The van der Waals surface area contributed by atoms with Gasteiger partial charge in [0.1, 0.15) is 5.01 Å². The third-order valence-corrected chi connectivity index (χ3v) is 7.30. The smallest absolute Gasteiger partial charge is 0.335 e. The number of ether oxygens (including phenoxy) is 1. The number of carboxylic acid groups (broad SMARTS) is 1. The highest BCUT2D eigenvalue weighted by Gasteiger charge is 2.31. The van der Waals surface area contributed by atoms with Gasteiger partial charge in [-0.15, -0.1) is 11.3 Å². The topological polar surface area (TPSA) is 62.7 Å². The number of carbonyl (C=O) groups is 1. The molecule has 162 valence electrons. The molecular formula is C24H25ClN2O3S. The minimum Gasteiger partial charge on any atom is -0.478 e. The predicted molar refractivity (Wildman–Crippen MR) is 125 cm³/mol. The number of aromatic carboxylic acids is 1. The van der Waals surface area contributed by atoms with E-state index in [2.05, 4.69) is 4.90 Å². The molecule has 1 fully saturated rings. The molecule has 1 aliphatic rings. The Labute approximate surface area is 191 Å². The number of carboxylic acids is 1. The van der Waals surface area contributed by atoms with Crippen LogP contribution in [0, 0.1) is 12.8 Å². The van der Waals surface area contributed by atoms with Crippen LogP contribution in [0.15, 0.2) is 48.5 Å². The van der Waals surface area contributed by atoms with Crippen LogP contribution >= 0.6 is 22.9 Å². The quantitative estimate of drug-likeness (QED) is 0.487. The number of aryl methyl sites for hydroxylation is 1. The first-order valence-corrected chi connectivity index (χ1v) is 11.5. The SMILES string of the molecule is COC(c1sc(-c2ccc(Cl)cc2)nc1C)C1CCCN(c2cccc(C(=O)O)c2)C1. The Morgan fingerprint density at radius 1 is 1.29 bits per heavy atom. The molecule has 2 heterocycles. The van der Waals surface area contributed by atoms with E-state index in [1.54, 1.807) is 30.6 Å². The van der Waals surface area contributed by atoms with Crippen LogP contribution in [0.5, 0.6) is 0 Å². The van der Waals surface area contributed by atoms with Crippen LogP contribution in [-0.2, 0) is 4.74 Å². The molecule has 0 aliphatic carbocycles. The zero-order valence-electron chi connectivity index (χ0n) is 17.5. The summed E-state index contributed by atoms with van der Waals surface area (Å²) in [6.07, 6.45) is 2.04. The summed E-state index contributed by atoms with van der Waals surface area (Å²) in [4.78, 5) is 19.6. The average molecular weight is 457 g/mol. The van der Waals surface area contributed by atoms with Crippen LogP contribution in [0.25, 0.3) is 10.6 Å². The molecular weight excluding hydrogens is 432 g/mol. The highest BCUT2D eigenvalue weighted by Crippen LogP contribution is 2.40. The number of halogens is 1.